The van der Waals surface area contributed by atoms with Crippen molar-refractivity contribution in [2.24, 2.45) is 0 Å². The molecule has 2 aromatic carbocycles. The minimum absolute atomic E-state index is 0.106. The fourth-order valence-electron chi connectivity index (χ4n) is 2.44. The number of carbonyl (C=O) groups excluding carboxylic acids is 1. The first kappa shape index (κ1) is 15.0. The van der Waals surface area contributed by atoms with Gasteiger partial charge < -0.3 is 5.32 Å². The molecule has 23 heavy (non-hydrogen) atoms. The van der Waals surface area contributed by atoms with Crippen LogP contribution in [-0.2, 0) is 13.1 Å². The zero-order valence-corrected chi connectivity index (χ0v) is 13.1. The highest BCUT2D eigenvalue weighted by Crippen LogP contribution is 2.06. The van der Waals surface area contributed by atoms with Crippen LogP contribution in [0.3, 0.4) is 0 Å². The number of rotatable bonds is 5. The van der Waals surface area contributed by atoms with Crippen LogP contribution < -0.4 is 5.32 Å². The fourth-order valence-corrected chi connectivity index (χ4v) is 2.44. The highest BCUT2D eigenvalue weighted by molar-refractivity contribution is 5.93. The van der Waals surface area contributed by atoms with Crippen LogP contribution in [0.5, 0.6) is 0 Å². The summed E-state index contributed by atoms with van der Waals surface area (Å²) in [5.74, 6) is -0.106. The average molecular weight is 305 g/mol. The molecule has 3 rings (SSSR count). The predicted molar refractivity (Wildman–Crippen MR) is 90.1 cm³/mol. The number of nitrogens with one attached hydrogen (secondary N) is 1. The smallest absolute Gasteiger partial charge is 0.254 e. The van der Waals surface area contributed by atoms with E-state index in [0.29, 0.717) is 18.7 Å². The molecule has 0 aliphatic heterocycles. The predicted octanol–water partition coefficient (Wildman–Crippen LogP) is 3.17. The van der Waals surface area contributed by atoms with E-state index >= 15 is 0 Å². The first-order chi connectivity index (χ1) is 11.2. The minimum atomic E-state index is -0.106. The Balaban J connectivity index is 1.60. The molecule has 0 fully saturated rings. The lowest BCUT2D eigenvalue weighted by Gasteiger charge is -2.04. The second-order valence-electron chi connectivity index (χ2n) is 5.58. The molecule has 0 spiro atoms. The number of amides is 1. The molecule has 1 heterocycles. The van der Waals surface area contributed by atoms with Crippen molar-refractivity contribution in [3.05, 3.63) is 89.2 Å². The maximum Gasteiger partial charge on any atom is 0.254 e. The van der Waals surface area contributed by atoms with Gasteiger partial charge in [-0.15, -0.1) is 0 Å². The van der Waals surface area contributed by atoms with Crippen molar-refractivity contribution in [1.29, 1.82) is 0 Å². The van der Waals surface area contributed by atoms with E-state index in [9.17, 15) is 4.79 Å². The van der Waals surface area contributed by atoms with Gasteiger partial charge in [-0.3, -0.25) is 9.48 Å². The Morgan fingerprint density at radius 1 is 1.09 bits per heavy atom. The van der Waals surface area contributed by atoms with Crippen LogP contribution in [0.1, 0.15) is 27.0 Å². The molecule has 4 heteroatoms. The third-order valence-electron chi connectivity index (χ3n) is 3.62. The first-order valence-electron chi connectivity index (χ1n) is 7.61. The monoisotopic (exact) mass is 305 g/mol. The standard InChI is InChI=1S/C19H19N3O/c1-15-6-5-9-17(10-15)11-20-19(23)18-12-21-22(14-18)13-16-7-3-2-4-8-16/h2-10,12,14H,11,13H2,1H3,(H,20,23). The summed E-state index contributed by atoms with van der Waals surface area (Å²) in [6.45, 7) is 3.22. The van der Waals surface area contributed by atoms with Crippen LogP contribution in [0.25, 0.3) is 0 Å². The van der Waals surface area contributed by atoms with Crippen molar-refractivity contribution in [2.75, 3.05) is 0 Å². The van der Waals surface area contributed by atoms with E-state index in [1.165, 1.54) is 5.56 Å². The largest absolute Gasteiger partial charge is 0.348 e. The molecule has 116 valence electrons. The Morgan fingerprint density at radius 3 is 2.65 bits per heavy atom. The van der Waals surface area contributed by atoms with Gasteiger partial charge in [0.15, 0.2) is 0 Å². The molecule has 3 aromatic rings. The second kappa shape index (κ2) is 6.92. The topological polar surface area (TPSA) is 46.9 Å². The van der Waals surface area contributed by atoms with Gasteiger partial charge in [0.1, 0.15) is 0 Å². The van der Waals surface area contributed by atoms with Crippen LogP contribution in [-0.4, -0.2) is 15.7 Å². The number of aromatic nitrogens is 2. The molecular weight excluding hydrogens is 286 g/mol. The molecule has 0 unspecified atom stereocenters. The zero-order chi connectivity index (χ0) is 16.1. The van der Waals surface area contributed by atoms with E-state index in [-0.39, 0.29) is 5.91 Å². The Morgan fingerprint density at radius 2 is 1.87 bits per heavy atom. The van der Waals surface area contributed by atoms with E-state index in [2.05, 4.69) is 16.5 Å². The summed E-state index contributed by atoms with van der Waals surface area (Å²) in [7, 11) is 0. The van der Waals surface area contributed by atoms with Gasteiger partial charge in [0.25, 0.3) is 5.91 Å². The van der Waals surface area contributed by atoms with Crippen molar-refractivity contribution < 1.29 is 4.79 Å². The third-order valence-corrected chi connectivity index (χ3v) is 3.62. The number of hydrogen-bond donors (Lipinski definition) is 1. The molecule has 0 radical (unpaired) electrons. The van der Waals surface area contributed by atoms with Crippen molar-refractivity contribution in [2.45, 2.75) is 20.0 Å². The SMILES string of the molecule is Cc1cccc(CNC(=O)c2cnn(Cc3ccccc3)c2)c1. The van der Waals surface area contributed by atoms with E-state index in [4.69, 9.17) is 0 Å². The highest BCUT2D eigenvalue weighted by Gasteiger charge is 2.08. The summed E-state index contributed by atoms with van der Waals surface area (Å²) in [6, 6.07) is 18.2. The third kappa shape index (κ3) is 4.07. The quantitative estimate of drug-likeness (QED) is 0.787. The molecule has 4 nitrogen and oxygen atoms in total. The van der Waals surface area contributed by atoms with E-state index < -0.39 is 0 Å². The lowest BCUT2D eigenvalue weighted by Crippen LogP contribution is -2.22. The summed E-state index contributed by atoms with van der Waals surface area (Å²) in [6.07, 6.45) is 3.38. The van der Waals surface area contributed by atoms with Crippen molar-refractivity contribution in [3.8, 4) is 0 Å². The fraction of sp³-hybridized carbons (Fsp3) is 0.158. The van der Waals surface area contributed by atoms with Gasteiger partial charge in [0, 0.05) is 12.7 Å². The molecule has 0 aliphatic rings. The lowest BCUT2D eigenvalue weighted by atomic mass is 10.1. The normalized spacial score (nSPS) is 10.5. The second-order valence-corrected chi connectivity index (χ2v) is 5.58. The number of aryl methyl sites for hydroxylation is 1. The van der Waals surface area contributed by atoms with Gasteiger partial charge in [-0.05, 0) is 18.1 Å². The summed E-state index contributed by atoms with van der Waals surface area (Å²) < 4.78 is 1.77. The Hall–Kier alpha value is -2.88. The Kier molecular flexibility index (Phi) is 4.52. The summed E-state index contributed by atoms with van der Waals surface area (Å²) in [4.78, 5) is 12.2. The molecule has 1 aromatic heterocycles. The number of carbonyl (C=O) groups is 1. The molecular formula is C19H19N3O. The Bertz CT molecular complexity index is 793. The lowest BCUT2D eigenvalue weighted by molar-refractivity contribution is 0.0951. The van der Waals surface area contributed by atoms with Gasteiger partial charge in [0.05, 0.1) is 18.3 Å². The maximum atomic E-state index is 12.2. The van der Waals surface area contributed by atoms with Crippen LogP contribution >= 0.6 is 0 Å². The molecule has 1 amide bonds. The van der Waals surface area contributed by atoms with Gasteiger partial charge in [-0.2, -0.15) is 5.10 Å². The van der Waals surface area contributed by atoms with Crippen molar-refractivity contribution in [1.82, 2.24) is 15.1 Å². The first-order valence-corrected chi connectivity index (χ1v) is 7.61. The maximum absolute atomic E-state index is 12.2. The van der Waals surface area contributed by atoms with Gasteiger partial charge >= 0.3 is 0 Å². The van der Waals surface area contributed by atoms with Crippen LogP contribution in [0.4, 0.5) is 0 Å². The average Bonchev–Trinajstić information content (AvgIpc) is 3.02. The van der Waals surface area contributed by atoms with Gasteiger partial charge in [-0.1, -0.05) is 60.2 Å². The molecule has 0 saturated heterocycles. The number of benzene rings is 2. The van der Waals surface area contributed by atoms with E-state index in [0.717, 1.165) is 11.1 Å². The Labute approximate surface area is 135 Å². The summed E-state index contributed by atoms with van der Waals surface area (Å²) in [5.41, 5.74) is 4.01. The van der Waals surface area contributed by atoms with Crippen LogP contribution in [0.2, 0.25) is 0 Å². The zero-order valence-electron chi connectivity index (χ0n) is 13.1. The minimum Gasteiger partial charge on any atom is -0.348 e. The van der Waals surface area contributed by atoms with Crippen molar-refractivity contribution in [3.63, 3.8) is 0 Å². The van der Waals surface area contributed by atoms with E-state index in [1.54, 1.807) is 17.1 Å². The van der Waals surface area contributed by atoms with Crippen LogP contribution in [0.15, 0.2) is 67.0 Å². The molecule has 0 aliphatic carbocycles. The summed E-state index contributed by atoms with van der Waals surface area (Å²) in [5, 5.41) is 7.18. The number of hydrogen-bond acceptors (Lipinski definition) is 2. The summed E-state index contributed by atoms with van der Waals surface area (Å²) >= 11 is 0. The molecule has 1 N–H and O–H groups in total. The van der Waals surface area contributed by atoms with E-state index in [1.807, 2.05) is 55.5 Å². The van der Waals surface area contributed by atoms with Crippen molar-refractivity contribution >= 4 is 5.91 Å². The van der Waals surface area contributed by atoms with Gasteiger partial charge in [-0.25, -0.2) is 0 Å². The van der Waals surface area contributed by atoms with Crippen LogP contribution in [0, 0.1) is 6.92 Å². The number of nitrogens with zero attached hydrogens (tertiary/aromatic N) is 2. The molecule has 0 bridgehead atoms. The molecule has 0 atom stereocenters. The highest BCUT2D eigenvalue weighted by atomic mass is 16.1. The molecule has 0 saturated carbocycles. The van der Waals surface area contributed by atoms with Gasteiger partial charge in [0.2, 0.25) is 0 Å².